The third-order valence-electron chi connectivity index (χ3n) is 2.95. The fourth-order valence-corrected chi connectivity index (χ4v) is 1.94. The molecule has 0 heterocycles. The van der Waals surface area contributed by atoms with Crippen molar-refractivity contribution in [1.29, 1.82) is 0 Å². The molecule has 0 aromatic heterocycles. The second kappa shape index (κ2) is 8.33. The topological polar surface area (TPSA) is 21.3 Å². The van der Waals surface area contributed by atoms with Crippen LogP contribution in [0.25, 0.3) is 0 Å². The minimum atomic E-state index is 0.718. The van der Waals surface area contributed by atoms with Crippen LogP contribution in [0.3, 0.4) is 0 Å². The quantitative estimate of drug-likeness (QED) is 0.731. The molecule has 0 saturated carbocycles. The van der Waals surface area contributed by atoms with Gasteiger partial charge in [-0.15, -0.1) is 0 Å². The van der Waals surface area contributed by atoms with Crippen molar-refractivity contribution >= 4 is 0 Å². The number of para-hydroxylation sites is 1. The molecule has 19 heavy (non-hydrogen) atoms. The molecule has 0 spiro atoms. The molecule has 0 unspecified atom stereocenters. The summed E-state index contributed by atoms with van der Waals surface area (Å²) in [5.41, 5.74) is 1.41. The fourth-order valence-electron chi connectivity index (χ4n) is 1.94. The maximum atomic E-state index is 5.61. The van der Waals surface area contributed by atoms with Gasteiger partial charge in [0, 0.05) is 6.54 Å². The van der Waals surface area contributed by atoms with Gasteiger partial charge >= 0.3 is 0 Å². The van der Waals surface area contributed by atoms with Crippen LogP contribution in [0, 0.1) is 0 Å². The van der Waals surface area contributed by atoms with Crippen molar-refractivity contribution in [2.24, 2.45) is 0 Å². The van der Waals surface area contributed by atoms with Crippen LogP contribution in [0.1, 0.15) is 12.0 Å². The van der Waals surface area contributed by atoms with E-state index in [0.29, 0.717) is 0 Å². The second-order valence-electron chi connectivity index (χ2n) is 4.50. The predicted molar refractivity (Wildman–Crippen MR) is 79.6 cm³/mol. The fraction of sp³-hybridized carbons (Fsp3) is 0.294. The molecule has 0 radical (unpaired) electrons. The molecule has 0 aliphatic carbocycles. The standard InChI is InChI=1S/C17H21NO/c1-3-8-16(9-4-1)10-7-13-18-14-15-19-17-11-5-2-6-12-17/h1-6,8-9,11-12,18H,7,10,13-15H2. The van der Waals surface area contributed by atoms with Crippen LogP contribution >= 0.6 is 0 Å². The van der Waals surface area contributed by atoms with Crippen LogP contribution in [0.4, 0.5) is 0 Å². The molecule has 2 aromatic rings. The Kier molecular flexibility index (Phi) is 5.97. The van der Waals surface area contributed by atoms with E-state index in [4.69, 9.17) is 4.74 Å². The molecule has 0 aliphatic rings. The van der Waals surface area contributed by atoms with Gasteiger partial charge in [0.1, 0.15) is 12.4 Å². The maximum absolute atomic E-state index is 5.61. The third kappa shape index (κ3) is 5.58. The molecule has 2 heteroatoms. The summed E-state index contributed by atoms with van der Waals surface area (Å²) in [4.78, 5) is 0. The normalized spacial score (nSPS) is 10.3. The summed E-state index contributed by atoms with van der Waals surface area (Å²) >= 11 is 0. The minimum absolute atomic E-state index is 0.718. The van der Waals surface area contributed by atoms with Crippen LogP contribution < -0.4 is 10.1 Å². The lowest BCUT2D eigenvalue weighted by atomic mass is 10.1. The highest BCUT2D eigenvalue weighted by Crippen LogP contribution is 2.07. The largest absolute Gasteiger partial charge is 0.492 e. The molecule has 0 fully saturated rings. The summed E-state index contributed by atoms with van der Waals surface area (Å²) < 4.78 is 5.61. The Balaban J connectivity index is 1.49. The molecular weight excluding hydrogens is 234 g/mol. The third-order valence-corrected chi connectivity index (χ3v) is 2.95. The zero-order valence-corrected chi connectivity index (χ0v) is 11.2. The van der Waals surface area contributed by atoms with E-state index in [-0.39, 0.29) is 0 Å². The van der Waals surface area contributed by atoms with Crippen molar-refractivity contribution in [3.05, 3.63) is 66.2 Å². The molecule has 1 N–H and O–H groups in total. The summed E-state index contributed by atoms with van der Waals surface area (Å²) in [6, 6.07) is 20.5. The summed E-state index contributed by atoms with van der Waals surface area (Å²) in [5.74, 6) is 0.939. The Morgan fingerprint density at radius 2 is 1.47 bits per heavy atom. The van der Waals surface area contributed by atoms with E-state index in [0.717, 1.165) is 38.3 Å². The van der Waals surface area contributed by atoms with E-state index in [9.17, 15) is 0 Å². The first-order valence-electron chi connectivity index (χ1n) is 6.87. The highest BCUT2D eigenvalue weighted by Gasteiger charge is 1.93. The summed E-state index contributed by atoms with van der Waals surface area (Å²) in [6.45, 7) is 2.64. The second-order valence-corrected chi connectivity index (χ2v) is 4.50. The Hall–Kier alpha value is -1.80. The molecule has 2 nitrogen and oxygen atoms in total. The minimum Gasteiger partial charge on any atom is -0.492 e. The number of benzene rings is 2. The van der Waals surface area contributed by atoms with Gasteiger partial charge in [-0.3, -0.25) is 0 Å². The van der Waals surface area contributed by atoms with Gasteiger partial charge in [0.15, 0.2) is 0 Å². The molecule has 0 atom stereocenters. The lowest BCUT2D eigenvalue weighted by Crippen LogP contribution is -2.22. The number of hydrogen-bond acceptors (Lipinski definition) is 2. The van der Waals surface area contributed by atoms with Crippen molar-refractivity contribution in [2.75, 3.05) is 19.7 Å². The van der Waals surface area contributed by atoms with E-state index in [1.54, 1.807) is 0 Å². The number of rotatable bonds is 8. The average molecular weight is 255 g/mol. The number of hydrogen-bond donors (Lipinski definition) is 1. The van der Waals surface area contributed by atoms with E-state index in [1.165, 1.54) is 5.56 Å². The van der Waals surface area contributed by atoms with Crippen LogP contribution in [0.2, 0.25) is 0 Å². The van der Waals surface area contributed by atoms with E-state index < -0.39 is 0 Å². The number of ether oxygens (including phenoxy) is 1. The van der Waals surface area contributed by atoms with Gasteiger partial charge in [0.25, 0.3) is 0 Å². The van der Waals surface area contributed by atoms with Gasteiger partial charge in [0.2, 0.25) is 0 Å². The van der Waals surface area contributed by atoms with Gasteiger partial charge in [-0.1, -0.05) is 48.5 Å². The first-order chi connectivity index (χ1) is 9.45. The zero-order chi connectivity index (χ0) is 13.2. The van der Waals surface area contributed by atoms with Crippen molar-refractivity contribution in [2.45, 2.75) is 12.8 Å². The van der Waals surface area contributed by atoms with Gasteiger partial charge in [0.05, 0.1) is 0 Å². The molecular formula is C17H21NO. The Bertz CT molecular complexity index is 398. The molecule has 2 aromatic carbocycles. The van der Waals surface area contributed by atoms with Crippen molar-refractivity contribution in [1.82, 2.24) is 5.32 Å². The molecule has 0 saturated heterocycles. The van der Waals surface area contributed by atoms with Crippen LogP contribution in [0.5, 0.6) is 5.75 Å². The maximum Gasteiger partial charge on any atom is 0.119 e. The highest BCUT2D eigenvalue weighted by atomic mass is 16.5. The Labute approximate surface area is 115 Å². The molecule has 0 amide bonds. The lowest BCUT2D eigenvalue weighted by Gasteiger charge is -2.07. The predicted octanol–water partition coefficient (Wildman–Crippen LogP) is 3.29. The molecule has 0 bridgehead atoms. The molecule has 0 aliphatic heterocycles. The average Bonchev–Trinajstić information content (AvgIpc) is 2.48. The number of nitrogens with one attached hydrogen (secondary N) is 1. The van der Waals surface area contributed by atoms with Crippen LogP contribution in [-0.2, 0) is 6.42 Å². The monoisotopic (exact) mass is 255 g/mol. The molecule has 2 rings (SSSR count). The molecule has 100 valence electrons. The van der Waals surface area contributed by atoms with Crippen LogP contribution in [0.15, 0.2) is 60.7 Å². The van der Waals surface area contributed by atoms with E-state index in [2.05, 4.69) is 35.6 Å². The summed E-state index contributed by atoms with van der Waals surface area (Å²) in [6.07, 6.45) is 2.29. The van der Waals surface area contributed by atoms with Gasteiger partial charge in [-0.2, -0.15) is 0 Å². The Morgan fingerprint density at radius 3 is 2.21 bits per heavy atom. The summed E-state index contributed by atoms with van der Waals surface area (Å²) in [7, 11) is 0. The first-order valence-corrected chi connectivity index (χ1v) is 6.87. The van der Waals surface area contributed by atoms with Gasteiger partial charge < -0.3 is 10.1 Å². The number of aryl methyl sites for hydroxylation is 1. The van der Waals surface area contributed by atoms with Crippen LogP contribution in [-0.4, -0.2) is 19.7 Å². The van der Waals surface area contributed by atoms with Crippen molar-refractivity contribution in [3.63, 3.8) is 0 Å². The Morgan fingerprint density at radius 1 is 0.789 bits per heavy atom. The van der Waals surface area contributed by atoms with E-state index >= 15 is 0 Å². The van der Waals surface area contributed by atoms with E-state index in [1.807, 2.05) is 30.3 Å². The van der Waals surface area contributed by atoms with Gasteiger partial charge in [-0.25, -0.2) is 0 Å². The highest BCUT2D eigenvalue weighted by molar-refractivity contribution is 5.20. The SMILES string of the molecule is c1ccc(CCCNCCOc2ccccc2)cc1. The van der Waals surface area contributed by atoms with Crippen molar-refractivity contribution < 1.29 is 4.74 Å². The first kappa shape index (κ1) is 13.6. The smallest absolute Gasteiger partial charge is 0.119 e. The zero-order valence-electron chi connectivity index (χ0n) is 11.2. The van der Waals surface area contributed by atoms with Gasteiger partial charge in [-0.05, 0) is 37.1 Å². The lowest BCUT2D eigenvalue weighted by molar-refractivity contribution is 0.314. The summed E-state index contributed by atoms with van der Waals surface area (Å²) in [5, 5.41) is 3.40. The van der Waals surface area contributed by atoms with Crippen molar-refractivity contribution in [3.8, 4) is 5.75 Å².